The fourth-order valence-electron chi connectivity index (χ4n) is 4.02. The summed E-state index contributed by atoms with van der Waals surface area (Å²) in [7, 11) is -3.86. The molecule has 28 heavy (non-hydrogen) atoms. The molecule has 0 saturated carbocycles. The number of hydrogen-bond donors (Lipinski definition) is 1. The number of sulfone groups is 1. The van der Waals surface area contributed by atoms with Crippen molar-refractivity contribution in [2.24, 2.45) is 11.7 Å². The van der Waals surface area contributed by atoms with Crippen molar-refractivity contribution in [3.05, 3.63) is 59.2 Å². The van der Waals surface area contributed by atoms with Gasteiger partial charge in [0.25, 0.3) is 5.91 Å². The third-order valence-corrected chi connectivity index (χ3v) is 7.52. The maximum atomic E-state index is 13.0. The van der Waals surface area contributed by atoms with Gasteiger partial charge >= 0.3 is 0 Å². The third kappa shape index (κ3) is 2.95. The molecule has 146 valence electrons. The van der Waals surface area contributed by atoms with Crippen LogP contribution >= 0.6 is 0 Å². The first-order chi connectivity index (χ1) is 13.3. The van der Waals surface area contributed by atoms with Crippen LogP contribution in [-0.4, -0.2) is 44.1 Å². The van der Waals surface area contributed by atoms with Crippen molar-refractivity contribution in [1.82, 2.24) is 4.90 Å². The number of hydrogen-bond acceptors (Lipinski definition) is 5. The number of likely N-dealkylation sites (tertiary alicyclic amines) is 1. The summed E-state index contributed by atoms with van der Waals surface area (Å²) < 4.78 is 26.1. The predicted molar refractivity (Wildman–Crippen MR) is 104 cm³/mol. The molecular formula is C21H22N2O4S. The molecule has 2 aromatic carbocycles. The van der Waals surface area contributed by atoms with Gasteiger partial charge in [0, 0.05) is 35.8 Å². The molecule has 4 rings (SSSR count). The summed E-state index contributed by atoms with van der Waals surface area (Å²) in [5.74, 6) is -0.336. The molecule has 7 heteroatoms. The van der Waals surface area contributed by atoms with Crippen molar-refractivity contribution in [1.29, 1.82) is 0 Å². The Morgan fingerprint density at radius 1 is 1.14 bits per heavy atom. The van der Waals surface area contributed by atoms with Gasteiger partial charge in [-0.05, 0) is 56.0 Å². The zero-order valence-corrected chi connectivity index (χ0v) is 16.4. The van der Waals surface area contributed by atoms with Gasteiger partial charge in [0.2, 0.25) is 9.84 Å². The average molecular weight is 398 g/mol. The number of nitrogens with two attached hydrogens (primary N) is 1. The van der Waals surface area contributed by atoms with Crippen molar-refractivity contribution >= 4 is 21.5 Å². The standard InChI is InChI=1S/C21H22N2O4S/c1-13(22)15-5-4-10-23(12-15)21(25)14-8-9-17-19(11-14)28(26,27)18-7-3-2-6-16(18)20(17)24/h2-3,6-9,11,13,15H,4-5,10,12,22H2,1H3. The molecule has 2 N–H and O–H groups in total. The highest BCUT2D eigenvalue weighted by Gasteiger charge is 2.35. The minimum absolute atomic E-state index is 0.00589. The Morgan fingerprint density at radius 3 is 2.61 bits per heavy atom. The molecule has 2 aliphatic heterocycles. The Bertz CT molecular complexity index is 1080. The van der Waals surface area contributed by atoms with Crippen LogP contribution in [0.2, 0.25) is 0 Å². The van der Waals surface area contributed by atoms with Crippen LogP contribution in [0.1, 0.15) is 46.0 Å². The van der Waals surface area contributed by atoms with E-state index in [1.807, 2.05) is 6.92 Å². The lowest BCUT2D eigenvalue weighted by molar-refractivity contribution is 0.0660. The Kier molecular flexibility index (Phi) is 4.59. The summed E-state index contributed by atoms with van der Waals surface area (Å²) in [5, 5.41) is 0. The summed E-state index contributed by atoms with van der Waals surface area (Å²) in [5.41, 5.74) is 6.56. The minimum atomic E-state index is -3.86. The van der Waals surface area contributed by atoms with Crippen molar-refractivity contribution in [3.63, 3.8) is 0 Å². The second-order valence-corrected chi connectivity index (χ2v) is 9.44. The first-order valence-corrected chi connectivity index (χ1v) is 10.9. The number of ketones is 1. The maximum Gasteiger partial charge on any atom is 0.253 e. The molecule has 2 aliphatic rings. The summed E-state index contributed by atoms with van der Waals surface area (Å²) >= 11 is 0. The lowest BCUT2D eigenvalue weighted by Crippen LogP contribution is -2.45. The van der Waals surface area contributed by atoms with Crippen LogP contribution in [0.3, 0.4) is 0 Å². The summed E-state index contributed by atoms with van der Waals surface area (Å²) in [6.45, 7) is 3.11. The molecule has 1 amide bonds. The number of rotatable bonds is 2. The lowest BCUT2D eigenvalue weighted by atomic mass is 9.91. The van der Waals surface area contributed by atoms with E-state index in [-0.39, 0.29) is 50.1 Å². The van der Waals surface area contributed by atoms with E-state index in [2.05, 4.69) is 0 Å². The number of carbonyl (C=O) groups is 2. The van der Waals surface area contributed by atoms with Crippen molar-refractivity contribution in [2.75, 3.05) is 13.1 Å². The minimum Gasteiger partial charge on any atom is -0.338 e. The van der Waals surface area contributed by atoms with E-state index < -0.39 is 9.84 Å². The van der Waals surface area contributed by atoms with Gasteiger partial charge < -0.3 is 10.6 Å². The largest absolute Gasteiger partial charge is 0.338 e. The summed E-state index contributed by atoms with van der Waals surface area (Å²) in [6.07, 6.45) is 1.85. The highest BCUT2D eigenvalue weighted by Crippen LogP contribution is 2.35. The van der Waals surface area contributed by atoms with Crippen LogP contribution in [0.25, 0.3) is 0 Å². The van der Waals surface area contributed by atoms with E-state index in [1.54, 1.807) is 17.0 Å². The third-order valence-electron chi connectivity index (χ3n) is 5.67. The van der Waals surface area contributed by atoms with Gasteiger partial charge in [-0.3, -0.25) is 9.59 Å². The topological polar surface area (TPSA) is 97.5 Å². The maximum absolute atomic E-state index is 13.0. The van der Waals surface area contributed by atoms with Gasteiger partial charge in [0.15, 0.2) is 5.78 Å². The van der Waals surface area contributed by atoms with Gasteiger partial charge in [-0.25, -0.2) is 8.42 Å². The van der Waals surface area contributed by atoms with Gasteiger partial charge in [-0.2, -0.15) is 0 Å². The highest BCUT2D eigenvalue weighted by molar-refractivity contribution is 7.91. The Hall–Kier alpha value is -2.51. The van der Waals surface area contributed by atoms with Crippen LogP contribution in [-0.2, 0) is 9.84 Å². The molecule has 0 spiro atoms. The van der Waals surface area contributed by atoms with E-state index in [0.29, 0.717) is 13.1 Å². The van der Waals surface area contributed by atoms with E-state index in [0.717, 1.165) is 12.8 Å². The van der Waals surface area contributed by atoms with Gasteiger partial charge in [0.05, 0.1) is 9.79 Å². The molecule has 2 aromatic rings. The number of carbonyl (C=O) groups excluding carboxylic acids is 2. The van der Waals surface area contributed by atoms with E-state index in [1.165, 1.54) is 30.3 Å². The van der Waals surface area contributed by atoms with Crippen LogP contribution < -0.4 is 5.73 Å². The first kappa shape index (κ1) is 18.8. The second-order valence-electron chi connectivity index (χ2n) is 7.55. The Balaban J connectivity index is 1.72. The Labute approximate surface area is 164 Å². The Morgan fingerprint density at radius 2 is 1.86 bits per heavy atom. The van der Waals surface area contributed by atoms with Gasteiger partial charge in [-0.15, -0.1) is 0 Å². The summed E-state index contributed by atoms with van der Waals surface area (Å²) in [4.78, 5) is 27.3. The molecular weight excluding hydrogens is 376 g/mol. The van der Waals surface area contributed by atoms with E-state index in [9.17, 15) is 18.0 Å². The van der Waals surface area contributed by atoms with Crippen LogP contribution in [0, 0.1) is 5.92 Å². The number of benzene rings is 2. The zero-order valence-electron chi connectivity index (χ0n) is 15.6. The van der Waals surface area contributed by atoms with Crippen LogP contribution in [0.15, 0.2) is 52.3 Å². The molecule has 2 atom stereocenters. The average Bonchev–Trinajstić information content (AvgIpc) is 2.71. The number of nitrogens with zero attached hydrogens (tertiary/aromatic N) is 1. The molecule has 0 radical (unpaired) electrons. The molecule has 0 bridgehead atoms. The molecule has 0 aromatic heterocycles. The number of amides is 1. The van der Waals surface area contributed by atoms with Crippen molar-refractivity contribution in [2.45, 2.75) is 35.6 Å². The normalized spacial score (nSPS) is 21.6. The van der Waals surface area contributed by atoms with Gasteiger partial charge in [-0.1, -0.05) is 12.1 Å². The molecule has 2 heterocycles. The quantitative estimate of drug-likeness (QED) is 0.714. The smallest absolute Gasteiger partial charge is 0.253 e. The zero-order chi connectivity index (χ0) is 20.1. The molecule has 1 saturated heterocycles. The molecule has 1 fully saturated rings. The van der Waals surface area contributed by atoms with E-state index in [4.69, 9.17) is 5.73 Å². The second kappa shape index (κ2) is 6.83. The van der Waals surface area contributed by atoms with Crippen molar-refractivity contribution < 1.29 is 18.0 Å². The molecule has 2 unspecified atom stereocenters. The highest BCUT2D eigenvalue weighted by atomic mass is 32.2. The molecule has 0 aliphatic carbocycles. The molecule has 6 nitrogen and oxygen atoms in total. The fraction of sp³-hybridized carbons (Fsp3) is 0.333. The monoisotopic (exact) mass is 398 g/mol. The summed E-state index contributed by atoms with van der Waals surface area (Å²) in [6, 6.07) is 10.5. The van der Waals surface area contributed by atoms with Crippen LogP contribution in [0.5, 0.6) is 0 Å². The number of fused-ring (bicyclic) bond motifs is 2. The first-order valence-electron chi connectivity index (χ1n) is 9.38. The van der Waals surface area contributed by atoms with Crippen LogP contribution in [0.4, 0.5) is 0 Å². The fourth-order valence-corrected chi connectivity index (χ4v) is 5.70. The van der Waals surface area contributed by atoms with Crippen molar-refractivity contribution in [3.8, 4) is 0 Å². The predicted octanol–water partition coefficient (Wildman–Crippen LogP) is 2.26. The number of piperidine rings is 1. The SMILES string of the molecule is CC(N)C1CCCN(C(=O)c2ccc3c(c2)S(=O)(=O)c2ccccc2C3=O)C1. The lowest BCUT2D eigenvalue weighted by Gasteiger charge is -2.34. The van der Waals surface area contributed by atoms with E-state index >= 15 is 0 Å². The van der Waals surface area contributed by atoms with Gasteiger partial charge in [0.1, 0.15) is 0 Å².